The van der Waals surface area contributed by atoms with E-state index >= 15 is 0 Å². The highest BCUT2D eigenvalue weighted by Crippen LogP contribution is 2.46. The van der Waals surface area contributed by atoms with Crippen molar-refractivity contribution in [1.29, 1.82) is 5.26 Å². The lowest BCUT2D eigenvalue weighted by molar-refractivity contribution is -0.00943. The molecule has 2 aromatic carbocycles. The molecule has 5 rings (SSSR count). The van der Waals surface area contributed by atoms with E-state index in [9.17, 15) is 15.2 Å². The lowest BCUT2D eigenvalue weighted by Crippen LogP contribution is -2.50. The quantitative estimate of drug-likeness (QED) is 0.636. The van der Waals surface area contributed by atoms with E-state index in [2.05, 4.69) is 6.07 Å². The maximum atomic E-state index is 13.4. The van der Waals surface area contributed by atoms with Gasteiger partial charge in [-0.3, -0.25) is 9.36 Å². The van der Waals surface area contributed by atoms with Crippen molar-refractivity contribution in [2.75, 3.05) is 13.1 Å². The molecule has 0 saturated carbocycles. The maximum absolute atomic E-state index is 13.4. The minimum absolute atomic E-state index is 0.00694. The molecule has 1 amide bonds. The number of ether oxygens (including phenoxy) is 2. The first kappa shape index (κ1) is 22.1. The summed E-state index contributed by atoms with van der Waals surface area (Å²) < 4.78 is 14.2. The largest absolute Gasteiger partial charge is 0.491 e. The molecule has 2 aliphatic rings. The number of benzene rings is 2. The van der Waals surface area contributed by atoms with Crippen molar-refractivity contribution >= 4 is 5.91 Å². The third-order valence-electron chi connectivity index (χ3n) is 6.58. The van der Waals surface area contributed by atoms with Gasteiger partial charge in [-0.2, -0.15) is 5.26 Å². The lowest BCUT2D eigenvalue weighted by Gasteiger charge is -2.45. The Morgan fingerprint density at radius 1 is 1.18 bits per heavy atom. The van der Waals surface area contributed by atoms with Gasteiger partial charge in [0, 0.05) is 31.5 Å². The Morgan fingerprint density at radius 2 is 1.94 bits per heavy atom. The standard InChI is InChI=1S/C27H27N3O4/c1-18(2)33-21-8-9-22(19(15-21)17-31)26(32)29-13-11-27(12-14-29)25-10-7-20(16-28)30(25)23-5-3-4-6-24(23)34-27/h3-10,15,18,31H,11-14,17H2,1-2H3. The number of aromatic nitrogens is 1. The van der Waals surface area contributed by atoms with Crippen molar-refractivity contribution < 1.29 is 19.4 Å². The van der Waals surface area contributed by atoms with Crippen LogP contribution in [0, 0.1) is 11.3 Å². The average Bonchev–Trinajstić information content (AvgIpc) is 3.29. The minimum atomic E-state index is -0.602. The highest BCUT2D eigenvalue weighted by Gasteiger charge is 2.45. The third-order valence-corrected chi connectivity index (χ3v) is 6.58. The fourth-order valence-corrected chi connectivity index (χ4v) is 4.98. The van der Waals surface area contributed by atoms with Gasteiger partial charge in [0.1, 0.15) is 23.3 Å². The van der Waals surface area contributed by atoms with Crippen LogP contribution in [-0.4, -0.2) is 39.7 Å². The molecule has 7 heteroatoms. The fourth-order valence-electron chi connectivity index (χ4n) is 4.98. The molecule has 174 valence electrons. The molecule has 34 heavy (non-hydrogen) atoms. The van der Waals surface area contributed by atoms with E-state index in [0.717, 1.165) is 17.1 Å². The Balaban J connectivity index is 1.40. The minimum Gasteiger partial charge on any atom is -0.491 e. The summed E-state index contributed by atoms with van der Waals surface area (Å²) in [6, 6.07) is 19.0. The number of para-hydroxylation sites is 2. The zero-order chi connectivity index (χ0) is 23.9. The van der Waals surface area contributed by atoms with Crippen molar-refractivity contribution in [2.24, 2.45) is 0 Å². The Bertz CT molecular complexity index is 1280. The number of fused-ring (bicyclic) bond motifs is 4. The second kappa shape index (κ2) is 8.54. The van der Waals surface area contributed by atoms with Gasteiger partial charge < -0.3 is 19.5 Å². The molecule has 3 heterocycles. The number of piperidine rings is 1. The Hall–Kier alpha value is -3.76. The van der Waals surface area contributed by atoms with Crippen molar-refractivity contribution in [2.45, 2.75) is 45.0 Å². The monoisotopic (exact) mass is 457 g/mol. The van der Waals surface area contributed by atoms with Crippen LogP contribution in [0.2, 0.25) is 0 Å². The van der Waals surface area contributed by atoms with Gasteiger partial charge >= 0.3 is 0 Å². The molecule has 0 aliphatic carbocycles. The van der Waals surface area contributed by atoms with Crippen molar-refractivity contribution in [1.82, 2.24) is 9.47 Å². The first-order valence-electron chi connectivity index (χ1n) is 11.6. The molecule has 3 aromatic rings. The molecule has 1 fully saturated rings. The second-order valence-corrected chi connectivity index (χ2v) is 9.05. The molecule has 1 spiro atoms. The van der Waals surface area contributed by atoms with Crippen LogP contribution in [-0.2, 0) is 12.2 Å². The summed E-state index contributed by atoms with van der Waals surface area (Å²) in [5.74, 6) is 1.27. The summed E-state index contributed by atoms with van der Waals surface area (Å²) in [4.78, 5) is 15.2. The van der Waals surface area contributed by atoms with Crippen LogP contribution in [0.15, 0.2) is 54.6 Å². The molecular weight excluding hydrogens is 430 g/mol. The van der Waals surface area contributed by atoms with Crippen molar-refractivity contribution in [3.8, 4) is 23.3 Å². The number of likely N-dealkylation sites (tertiary alicyclic amines) is 1. The molecule has 0 bridgehead atoms. The molecular formula is C27H27N3O4. The molecule has 0 unspecified atom stereocenters. The molecule has 2 aliphatic heterocycles. The van der Waals surface area contributed by atoms with E-state index < -0.39 is 5.60 Å². The van der Waals surface area contributed by atoms with Gasteiger partial charge in [0.15, 0.2) is 5.60 Å². The summed E-state index contributed by atoms with van der Waals surface area (Å²) in [6.07, 6.45) is 1.21. The van der Waals surface area contributed by atoms with Gasteiger partial charge in [-0.25, -0.2) is 0 Å². The van der Waals surface area contributed by atoms with E-state index in [1.807, 2.05) is 59.7 Å². The van der Waals surface area contributed by atoms with E-state index in [-0.39, 0.29) is 18.6 Å². The third kappa shape index (κ3) is 3.61. The summed E-state index contributed by atoms with van der Waals surface area (Å²) in [5, 5.41) is 19.5. The van der Waals surface area contributed by atoms with Crippen LogP contribution in [0.25, 0.3) is 5.69 Å². The average molecular weight is 458 g/mol. The number of carbonyl (C=O) groups is 1. The van der Waals surface area contributed by atoms with E-state index in [0.29, 0.717) is 48.5 Å². The first-order valence-corrected chi connectivity index (χ1v) is 11.6. The van der Waals surface area contributed by atoms with Crippen LogP contribution in [0.3, 0.4) is 0 Å². The number of rotatable bonds is 4. The molecule has 7 nitrogen and oxygen atoms in total. The zero-order valence-corrected chi connectivity index (χ0v) is 19.3. The predicted molar refractivity (Wildman–Crippen MR) is 126 cm³/mol. The maximum Gasteiger partial charge on any atom is 0.254 e. The summed E-state index contributed by atoms with van der Waals surface area (Å²) in [6.45, 7) is 4.64. The normalized spacial score (nSPS) is 15.9. The molecule has 0 atom stereocenters. The number of hydrogen-bond donors (Lipinski definition) is 1. The number of nitrogens with zero attached hydrogens (tertiary/aromatic N) is 3. The predicted octanol–water partition coefficient (Wildman–Crippen LogP) is 4.15. The Morgan fingerprint density at radius 3 is 2.65 bits per heavy atom. The molecule has 0 radical (unpaired) electrons. The summed E-state index contributed by atoms with van der Waals surface area (Å²) in [7, 11) is 0. The zero-order valence-electron chi connectivity index (χ0n) is 19.3. The number of nitriles is 1. The number of carbonyl (C=O) groups excluding carboxylic acids is 1. The topological polar surface area (TPSA) is 87.7 Å². The van der Waals surface area contributed by atoms with Crippen LogP contribution >= 0.6 is 0 Å². The Kier molecular flexibility index (Phi) is 5.54. The highest BCUT2D eigenvalue weighted by molar-refractivity contribution is 5.96. The number of hydrogen-bond acceptors (Lipinski definition) is 5. The van der Waals surface area contributed by atoms with E-state index in [4.69, 9.17) is 9.47 Å². The van der Waals surface area contributed by atoms with Gasteiger partial charge in [0.05, 0.1) is 24.1 Å². The van der Waals surface area contributed by atoms with Gasteiger partial charge in [-0.1, -0.05) is 12.1 Å². The van der Waals surface area contributed by atoms with Gasteiger partial charge in [0.25, 0.3) is 5.91 Å². The van der Waals surface area contributed by atoms with Gasteiger partial charge in [-0.15, -0.1) is 0 Å². The smallest absolute Gasteiger partial charge is 0.254 e. The number of aliphatic hydroxyl groups excluding tert-OH is 1. The van der Waals surface area contributed by atoms with Crippen molar-refractivity contribution in [3.05, 3.63) is 77.1 Å². The molecule has 1 N–H and O–H groups in total. The summed E-state index contributed by atoms with van der Waals surface area (Å²) in [5.41, 5.74) is 2.81. The Labute approximate surface area is 198 Å². The van der Waals surface area contributed by atoms with Crippen molar-refractivity contribution in [3.63, 3.8) is 0 Å². The summed E-state index contributed by atoms with van der Waals surface area (Å²) >= 11 is 0. The van der Waals surface area contributed by atoms with Crippen LogP contribution in [0.5, 0.6) is 11.5 Å². The molecule has 1 aromatic heterocycles. The molecule has 1 saturated heterocycles. The van der Waals surface area contributed by atoms with E-state index in [1.54, 1.807) is 18.2 Å². The van der Waals surface area contributed by atoms with Crippen LogP contribution in [0.1, 0.15) is 54.0 Å². The number of amides is 1. The highest BCUT2D eigenvalue weighted by atomic mass is 16.5. The van der Waals surface area contributed by atoms with Gasteiger partial charge in [0.2, 0.25) is 0 Å². The first-order chi connectivity index (χ1) is 16.5. The van der Waals surface area contributed by atoms with Crippen LogP contribution < -0.4 is 9.47 Å². The van der Waals surface area contributed by atoms with Gasteiger partial charge in [-0.05, 0) is 61.9 Å². The second-order valence-electron chi connectivity index (χ2n) is 9.05. The fraction of sp³-hybridized carbons (Fsp3) is 0.333. The lowest BCUT2D eigenvalue weighted by atomic mass is 9.86. The number of aliphatic hydroxyl groups is 1. The van der Waals surface area contributed by atoms with E-state index in [1.165, 1.54) is 0 Å². The van der Waals surface area contributed by atoms with Crippen LogP contribution in [0.4, 0.5) is 0 Å². The SMILES string of the molecule is CC(C)Oc1ccc(C(=O)N2CCC3(CC2)Oc2ccccc2-n2c(C#N)ccc23)c(CO)c1.